The molecule has 0 saturated heterocycles. The molecule has 0 radical (unpaired) electrons. The topological polar surface area (TPSA) is 29.1 Å². The van der Waals surface area contributed by atoms with Crippen LogP contribution in [0, 0.1) is 6.92 Å². The standard InChI is InChI=1S/C20H25NO/c1-15(2)19-10-8-17(9-11-19)12-13-21-20(22)14-18-6-4-16(3)5-7-18/h4-11,15H,12-14H2,1-3H3,(H,21,22). The molecule has 0 bridgehead atoms. The van der Waals surface area contributed by atoms with Gasteiger partial charge in [-0.3, -0.25) is 4.79 Å². The fourth-order valence-corrected chi connectivity index (χ4v) is 2.37. The predicted octanol–water partition coefficient (Wildman–Crippen LogP) is 4.02. The zero-order chi connectivity index (χ0) is 15.9. The first kappa shape index (κ1) is 16.3. The number of nitrogens with one attached hydrogen (secondary N) is 1. The summed E-state index contributed by atoms with van der Waals surface area (Å²) in [6.45, 7) is 7.13. The van der Waals surface area contributed by atoms with Crippen LogP contribution >= 0.6 is 0 Å². The maximum Gasteiger partial charge on any atom is 0.224 e. The second-order valence-corrected chi connectivity index (χ2v) is 6.16. The minimum atomic E-state index is 0.0858. The SMILES string of the molecule is Cc1ccc(CC(=O)NCCc2ccc(C(C)C)cc2)cc1. The molecule has 2 rings (SSSR count). The molecule has 0 atom stereocenters. The van der Waals surface area contributed by atoms with Crippen molar-refractivity contribution in [2.75, 3.05) is 6.54 Å². The summed E-state index contributed by atoms with van der Waals surface area (Å²) in [7, 11) is 0. The van der Waals surface area contributed by atoms with Crippen LogP contribution in [0.3, 0.4) is 0 Å². The van der Waals surface area contributed by atoms with Crippen LogP contribution < -0.4 is 5.32 Å². The second-order valence-electron chi connectivity index (χ2n) is 6.16. The monoisotopic (exact) mass is 295 g/mol. The highest BCUT2D eigenvalue weighted by atomic mass is 16.1. The van der Waals surface area contributed by atoms with E-state index in [1.165, 1.54) is 16.7 Å². The fourth-order valence-electron chi connectivity index (χ4n) is 2.37. The molecule has 0 unspecified atom stereocenters. The Morgan fingerprint density at radius 3 is 2.14 bits per heavy atom. The Balaban J connectivity index is 1.75. The highest BCUT2D eigenvalue weighted by Crippen LogP contribution is 2.14. The van der Waals surface area contributed by atoms with Gasteiger partial charge in [0.15, 0.2) is 0 Å². The summed E-state index contributed by atoms with van der Waals surface area (Å²) >= 11 is 0. The summed E-state index contributed by atoms with van der Waals surface area (Å²) < 4.78 is 0. The number of aryl methyl sites for hydroxylation is 1. The van der Waals surface area contributed by atoms with E-state index in [0.29, 0.717) is 18.9 Å². The zero-order valence-corrected chi connectivity index (χ0v) is 13.7. The van der Waals surface area contributed by atoms with E-state index in [1.54, 1.807) is 0 Å². The fraction of sp³-hybridized carbons (Fsp3) is 0.350. The molecule has 0 heterocycles. The number of hydrogen-bond acceptors (Lipinski definition) is 1. The number of amides is 1. The molecule has 0 fully saturated rings. The maximum absolute atomic E-state index is 11.9. The number of carbonyl (C=O) groups is 1. The van der Waals surface area contributed by atoms with Gasteiger partial charge in [-0.2, -0.15) is 0 Å². The van der Waals surface area contributed by atoms with Crippen LogP contribution in [-0.2, 0) is 17.6 Å². The molecule has 0 saturated carbocycles. The lowest BCUT2D eigenvalue weighted by atomic mass is 10.0. The molecule has 2 aromatic rings. The van der Waals surface area contributed by atoms with Crippen LogP contribution in [0.25, 0.3) is 0 Å². The lowest BCUT2D eigenvalue weighted by molar-refractivity contribution is -0.120. The summed E-state index contributed by atoms with van der Waals surface area (Å²) in [5, 5.41) is 2.99. The third kappa shape index (κ3) is 5.03. The number of benzene rings is 2. The second kappa shape index (κ2) is 7.79. The number of rotatable bonds is 6. The molecule has 0 aliphatic heterocycles. The van der Waals surface area contributed by atoms with Gasteiger partial charge < -0.3 is 5.32 Å². The van der Waals surface area contributed by atoms with Crippen molar-refractivity contribution in [3.63, 3.8) is 0 Å². The Labute approximate surface area is 133 Å². The Kier molecular flexibility index (Phi) is 5.76. The molecule has 2 heteroatoms. The van der Waals surface area contributed by atoms with Crippen LogP contribution in [0.5, 0.6) is 0 Å². The van der Waals surface area contributed by atoms with Gasteiger partial charge >= 0.3 is 0 Å². The van der Waals surface area contributed by atoms with E-state index in [0.717, 1.165) is 12.0 Å². The molecule has 22 heavy (non-hydrogen) atoms. The minimum Gasteiger partial charge on any atom is -0.355 e. The lowest BCUT2D eigenvalue weighted by Crippen LogP contribution is -2.27. The highest BCUT2D eigenvalue weighted by Gasteiger charge is 2.03. The molecule has 1 N–H and O–H groups in total. The summed E-state index contributed by atoms with van der Waals surface area (Å²) in [6, 6.07) is 16.8. The van der Waals surface area contributed by atoms with E-state index in [-0.39, 0.29) is 5.91 Å². The van der Waals surface area contributed by atoms with Crippen molar-refractivity contribution < 1.29 is 4.79 Å². The first-order valence-corrected chi connectivity index (χ1v) is 7.95. The van der Waals surface area contributed by atoms with E-state index in [2.05, 4.69) is 50.4 Å². The molecule has 2 aromatic carbocycles. The lowest BCUT2D eigenvalue weighted by Gasteiger charge is -2.08. The van der Waals surface area contributed by atoms with E-state index in [1.807, 2.05) is 24.3 Å². The number of carbonyl (C=O) groups excluding carboxylic acids is 1. The average Bonchev–Trinajstić information content (AvgIpc) is 2.50. The normalized spacial score (nSPS) is 10.7. The summed E-state index contributed by atoms with van der Waals surface area (Å²) in [5.41, 5.74) is 4.89. The number of hydrogen-bond donors (Lipinski definition) is 1. The minimum absolute atomic E-state index is 0.0858. The third-order valence-electron chi connectivity index (χ3n) is 3.87. The van der Waals surface area contributed by atoms with Crippen molar-refractivity contribution in [2.24, 2.45) is 0 Å². The van der Waals surface area contributed by atoms with Crippen molar-refractivity contribution in [2.45, 2.75) is 39.5 Å². The highest BCUT2D eigenvalue weighted by molar-refractivity contribution is 5.78. The summed E-state index contributed by atoms with van der Waals surface area (Å²) in [4.78, 5) is 11.9. The first-order valence-electron chi connectivity index (χ1n) is 7.95. The van der Waals surface area contributed by atoms with Gasteiger partial charge in [0.2, 0.25) is 5.91 Å². The third-order valence-corrected chi connectivity index (χ3v) is 3.87. The first-order chi connectivity index (χ1) is 10.5. The van der Waals surface area contributed by atoms with E-state index >= 15 is 0 Å². The Morgan fingerprint density at radius 2 is 1.55 bits per heavy atom. The molecule has 0 aliphatic carbocycles. The maximum atomic E-state index is 11.9. The van der Waals surface area contributed by atoms with E-state index < -0.39 is 0 Å². The van der Waals surface area contributed by atoms with Crippen LogP contribution in [0.15, 0.2) is 48.5 Å². The Bertz CT molecular complexity index is 597. The van der Waals surface area contributed by atoms with Crippen molar-refractivity contribution in [3.05, 3.63) is 70.8 Å². The van der Waals surface area contributed by atoms with Gasteiger partial charge in [0, 0.05) is 6.54 Å². The van der Waals surface area contributed by atoms with Gasteiger partial charge in [0.05, 0.1) is 6.42 Å². The van der Waals surface area contributed by atoms with Crippen LogP contribution in [0.1, 0.15) is 42.0 Å². The molecule has 0 spiro atoms. The van der Waals surface area contributed by atoms with Crippen molar-refractivity contribution >= 4 is 5.91 Å². The average molecular weight is 295 g/mol. The van der Waals surface area contributed by atoms with Gasteiger partial charge in [-0.1, -0.05) is 67.9 Å². The van der Waals surface area contributed by atoms with Gasteiger partial charge in [-0.15, -0.1) is 0 Å². The van der Waals surface area contributed by atoms with Gasteiger partial charge in [-0.25, -0.2) is 0 Å². The molecule has 0 aliphatic rings. The van der Waals surface area contributed by atoms with E-state index in [9.17, 15) is 4.79 Å². The summed E-state index contributed by atoms with van der Waals surface area (Å²) in [6.07, 6.45) is 1.32. The van der Waals surface area contributed by atoms with Crippen LogP contribution in [0.4, 0.5) is 0 Å². The molecule has 2 nitrogen and oxygen atoms in total. The van der Waals surface area contributed by atoms with Crippen molar-refractivity contribution in [1.82, 2.24) is 5.32 Å². The summed E-state index contributed by atoms with van der Waals surface area (Å²) in [5.74, 6) is 0.644. The van der Waals surface area contributed by atoms with Crippen molar-refractivity contribution in [1.29, 1.82) is 0 Å². The van der Waals surface area contributed by atoms with Gasteiger partial charge in [0.25, 0.3) is 0 Å². The smallest absolute Gasteiger partial charge is 0.224 e. The largest absolute Gasteiger partial charge is 0.355 e. The quantitative estimate of drug-likeness (QED) is 0.857. The van der Waals surface area contributed by atoms with Crippen LogP contribution in [-0.4, -0.2) is 12.5 Å². The Hall–Kier alpha value is -2.09. The molecule has 1 amide bonds. The van der Waals surface area contributed by atoms with Crippen molar-refractivity contribution in [3.8, 4) is 0 Å². The molecular weight excluding hydrogens is 270 g/mol. The Morgan fingerprint density at radius 1 is 0.955 bits per heavy atom. The molecular formula is C20H25NO. The molecule has 0 aromatic heterocycles. The van der Waals surface area contributed by atoms with E-state index in [4.69, 9.17) is 0 Å². The zero-order valence-electron chi connectivity index (χ0n) is 13.7. The van der Waals surface area contributed by atoms with Gasteiger partial charge in [0.1, 0.15) is 0 Å². The predicted molar refractivity (Wildman–Crippen MR) is 92.1 cm³/mol. The van der Waals surface area contributed by atoms with Crippen LogP contribution in [0.2, 0.25) is 0 Å². The van der Waals surface area contributed by atoms with Gasteiger partial charge in [-0.05, 0) is 36.0 Å². The molecule has 116 valence electrons.